The molecule has 2 aromatic rings. The van der Waals surface area contributed by atoms with Crippen molar-refractivity contribution in [2.75, 3.05) is 25.0 Å². The number of nitrogens with one attached hydrogen (secondary N) is 1. The third kappa shape index (κ3) is 3.24. The Morgan fingerprint density at radius 1 is 1.39 bits per heavy atom. The molecule has 0 bridgehead atoms. The minimum absolute atomic E-state index is 0.0530. The first-order valence-corrected chi connectivity index (χ1v) is 8.85. The molecule has 8 heteroatoms. The van der Waals surface area contributed by atoms with E-state index in [1.807, 2.05) is 25.2 Å². The van der Waals surface area contributed by atoms with Crippen molar-refractivity contribution in [2.24, 2.45) is 7.05 Å². The van der Waals surface area contributed by atoms with Crippen LogP contribution < -0.4 is 9.62 Å². The SMILES string of the molecule is CN1CCc2cc(C(O)CNS(=O)(=O)c3cn(C)cn3)ccc21. The van der Waals surface area contributed by atoms with Gasteiger partial charge in [0.25, 0.3) is 10.0 Å². The van der Waals surface area contributed by atoms with Gasteiger partial charge in [0.15, 0.2) is 5.03 Å². The number of nitrogens with zero attached hydrogens (tertiary/aromatic N) is 3. The van der Waals surface area contributed by atoms with Crippen molar-refractivity contribution < 1.29 is 13.5 Å². The molecule has 2 N–H and O–H groups in total. The Bertz CT molecular complexity index is 816. The van der Waals surface area contributed by atoms with Crippen LogP contribution in [0.4, 0.5) is 5.69 Å². The molecule has 0 saturated heterocycles. The molecule has 1 aliphatic heterocycles. The van der Waals surface area contributed by atoms with E-state index in [4.69, 9.17) is 0 Å². The lowest BCUT2D eigenvalue weighted by molar-refractivity contribution is 0.182. The number of likely N-dealkylation sites (N-methyl/N-ethyl adjacent to an activating group) is 1. The first-order chi connectivity index (χ1) is 10.9. The Labute approximate surface area is 135 Å². The number of hydrogen-bond acceptors (Lipinski definition) is 5. The smallest absolute Gasteiger partial charge is 0.259 e. The molecular formula is C15H20N4O3S. The summed E-state index contributed by atoms with van der Waals surface area (Å²) in [7, 11) is 0.0146. The van der Waals surface area contributed by atoms with Gasteiger partial charge < -0.3 is 14.6 Å². The summed E-state index contributed by atoms with van der Waals surface area (Å²) in [6, 6.07) is 5.74. The average molecular weight is 336 g/mol. The van der Waals surface area contributed by atoms with Crippen LogP contribution in [0.5, 0.6) is 0 Å². The molecule has 0 fully saturated rings. The van der Waals surface area contributed by atoms with Crippen LogP contribution in [0.3, 0.4) is 0 Å². The number of rotatable bonds is 5. The quantitative estimate of drug-likeness (QED) is 0.826. The van der Waals surface area contributed by atoms with Crippen LogP contribution in [-0.4, -0.2) is 43.2 Å². The highest BCUT2D eigenvalue weighted by atomic mass is 32.2. The lowest BCUT2D eigenvalue weighted by Crippen LogP contribution is -2.28. The van der Waals surface area contributed by atoms with Crippen molar-refractivity contribution in [3.8, 4) is 0 Å². The van der Waals surface area contributed by atoms with Crippen LogP contribution in [-0.2, 0) is 23.5 Å². The number of aromatic nitrogens is 2. The molecule has 0 aliphatic carbocycles. The summed E-state index contributed by atoms with van der Waals surface area (Å²) in [6.07, 6.45) is 2.87. The number of aryl methyl sites for hydroxylation is 1. The van der Waals surface area contributed by atoms with Gasteiger partial charge in [-0.3, -0.25) is 0 Å². The second-order valence-corrected chi connectivity index (χ2v) is 7.52. The van der Waals surface area contributed by atoms with Crippen molar-refractivity contribution in [3.63, 3.8) is 0 Å². The molecule has 1 atom stereocenters. The Morgan fingerprint density at radius 3 is 2.87 bits per heavy atom. The zero-order valence-corrected chi connectivity index (χ0v) is 13.9. The minimum Gasteiger partial charge on any atom is -0.387 e. The van der Waals surface area contributed by atoms with Gasteiger partial charge in [-0.05, 0) is 23.6 Å². The van der Waals surface area contributed by atoms with Gasteiger partial charge in [0.05, 0.1) is 12.4 Å². The van der Waals surface area contributed by atoms with Gasteiger partial charge in [-0.1, -0.05) is 12.1 Å². The second-order valence-electron chi connectivity index (χ2n) is 5.80. The Morgan fingerprint density at radius 2 is 2.17 bits per heavy atom. The fraction of sp³-hybridized carbons (Fsp3) is 0.400. The van der Waals surface area contributed by atoms with Crippen LogP contribution in [0, 0.1) is 0 Å². The molecule has 0 spiro atoms. The topological polar surface area (TPSA) is 87.5 Å². The molecule has 0 saturated carbocycles. The summed E-state index contributed by atoms with van der Waals surface area (Å²) in [5.41, 5.74) is 3.05. The van der Waals surface area contributed by atoms with Gasteiger partial charge >= 0.3 is 0 Å². The number of hydrogen-bond donors (Lipinski definition) is 2. The highest BCUT2D eigenvalue weighted by Crippen LogP contribution is 2.29. The summed E-state index contributed by atoms with van der Waals surface area (Å²) in [5.74, 6) is 0. The summed E-state index contributed by atoms with van der Waals surface area (Å²) in [5, 5.41) is 10.2. The van der Waals surface area contributed by atoms with E-state index < -0.39 is 16.1 Å². The maximum Gasteiger partial charge on any atom is 0.259 e. The number of aliphatic hydroxyl groups is 1. The summed E-state index contributed by atoms with van der Waals surface area (Å²) in [6.45, 7) is 0.870. The molecule has 1 aliphatic rings. The van der Waals surface area contributed by atoms with Gasteiger partial charge in [0, 0.05) is 39.1 Å². The molecule has 2 heterocycles. The van der Waals surface area contributed by atoms with Crippen LogP contribution in [0.25, 0.3) is 0 Å². The number of aliphatic hydroxyl groups excluding tert-OH is 1. The van der Waals surface area contributed by atoms with Gasteiger partial charge in [0.2, 0.25) is 0 Å². The van der Waals surface area contributed by atoms with Crippen LogP contribution in [0.1, 0.15) is 17.2 Å². The summed E-state index contributed by atoms with van der Waals surface area (Å²) < 4.78 is 28.2. The molecule has 3 rings (SSSR count). The maximum atomic E-state index is 12.1. The Kier molecular flexibility index (Phi) is 4.13. The predicted octanol–water partition coefficient (Wildman–Crippen LogP) is 0.424. The minimum atomic E-state index is -3.71. The van der Waals surface area contributed by atoms with Crippen molar-refractivity contribution in [3.05, 3.63) is 41.9 Å². The molecule has 1 aromatic carbocycles. The van der Waals surface area contributed by atoms with Gasteiger partial charge in [-0.15, -0.1) is 0 Å². The van der Waals surface area contributed by atoms with Crippen LogP contribution in [0.2, 0.25) is 0 Å². The normalized spacial score (nSPS) is 15.7. The number of benzene rings is 1. The maximum absolute atomic E-state index is 12.1. The predicted molar refractivity (Wildman–Crippen MR) is 86.8 cm³/mol. The summed E-state index contributed by atoms with van der Waals surface area (Å²) in [4.78, 5) is 5.98. The molecule has 0 amide bonds. The largest absolute Gasteiger partial charge is 0.387 e. The lowest BCUT2D eigenvalue weighted by Gasteiger charge is -2.15. The third-order valence-electron chi connectivity index (χ3n) is 4.04. The van der Waals surface area contributed by atoms with Crippen molar-refractivity contribution in [1.29, 1.82) is 0 Å². The molecular weight excluding hydrogens is 316 g/mol. The Hall–Kier alpha value is -1.90. The number of imidazole rings is 1. The van der Waals surface area contributed by atoms with Crippen molar-refractivity contribution >= 4 is 15.7 Å². The van der Waals surface area contributed by atoms with E-state index >= 15 is 0 Å². The van der Waals surface area contributed by atoms with E-state index in [9.17, 15) is 13.5 Å². The fourth-order valence-corrected chi connectivity index (χ4v) is 3.72. The fourth-order valence-electron chi connectivity index (χ4n) is 2.70. The van der Waals surface area contributed by atoms with Gasteiger partial charge in [-0.2, -0.15) is 0 Å². The number of anilines is 1. The molecule has 23 heavy (non-hydrogen) atoms. The van der Waals surface area contributed by atoms with E-state index in [0.717, 1.165) is 18.7 Å². The first-order valence-electron chi connectivity index (χ1n) is 7.36. The molecule has 7 nitrogen and oxygen atoms in total. The molecule has 1 aromatic heterocycles. The number of sulfonamides is 1. The first kappa shape index (κ1) is 16.0. The zero-order chi connectivity index (χ0) is 16.6. The van der Waals surface area contributed by atoms with Crippen molar-refractivity contribution in [1.82, 2.24) is 14.3 Å². The standard InChI is InChI=1S/C15H20N4O3S/c1-18-9-15(16-10-18)23(21,22)17-8-14(20)12-3-4-13-11(7-12)5-6-19(13)2/h3-4,7,9-10,14,17,20H,5-6,8H2,1-2H3. The monoisotopic (exact) mass is 336 g/mol. The highest BCUT2D eigenvalue weighted by Gasteiger charge is 2.21. The van der Waals surface area contributed by atoms with Gasteiger partial charge in [0.1, 0.15) is 0 Å². The molecule has 0 radical (unpaired) electrons. The van der Waals surface area contributed by atoms with E-state index in [2.05, 4.69) is 14.6 Å². The van der Waals surface area contributed by atoms with Crippen LogP contribution >= 0.6 is 0 Å². The highest BCUT2D eigenvalue weighted by molar-refractivity contribution is 7.89. The number of fused-ring (bicyclic) bond motifs is 1. The zero-order valence-electron chi connectivity index (χ0n) is 13.1. The van der Waals surface area contributed by atoms with Crippen LogP contribution in [0.15, 0.2) is 35.7 Å². The average Bonchev–Trinajstić information content (AvgIpc) is 3.12. The molecule has 1 unspecified atom stereocenters. The lowest BCUT2D eigenvalue weighted by atomic mass is 10.0. The second kappa shape index (κ2) is 5.95. The summed E-state index contributed by atoms with van der Waals surface area (Å²) >= 11 is 0. The Balaban J connectivity index is 1.69. The van der Waals surface area contributed by atoms with Gasteiger partial charge in [-0.25, -0.2) is 18.1 Å². The van der Waals surface area contributed by atoms with E-state index in [-0.39, 0.29) is 11.6 Å². The molecule has 124 valence electrons. The third-order valence-corrected chi connectivity index (χ3v) is 5.35. The van der Waals surface area contributed by atoms with E-state index in [1.54, 1.807) is 11.6 Å². The van der Waals surface area contributed by atoms with E-state index in [0.29, 0.717) is 5.56 Å². The van der Waals surface area contributed by atoms with Crippen molar-refractivity contribution in [2.45, 2.75) is 17.6 Å². The van der Waals surface area contributed by atoms with E-state index in [1.165, 1.54) is 18.1 Å².